The van der Waals surface area contributed by atoms with Gasteiger partial charge in [-0.1, -0.05) is 25.9 Å². The standard InChI is InChI=1S/C14H21N5O/c1-4-7-15-11(5-2)10(3)14-18-13(19-20-14)12-16-8-6-9-17-12/h6,8-11,15H,4-5,7H2,1-3H3. The molecule has 0 saturated carbocycles. The van der Waals surface area contributed by atoms with Crippen molar-refractivity contribution in [2.45, 2.75) is 45.6 Å². The van der Waals surface area contributed by atoms with Gasteiger partial charge in [0.15, 0.2) is 0 Å². The molecule has 0 amide bonds. The van der Waals surface area contributed by atoms with Crippen molar-refractivity contribution < 1.29 is 4.52 Å². The quantitative estimate of drug-likeness (QED) is 0.836. The fraction of sp³-hybridized carbons (Fsp3) is 0.571. The zero-order valence-corrected chi connectivity index (χ0v) is 12.2. The van der Waals surface area contributed by atoms with Crippen molar-refractivity contribution in [3.05, 3.63) is 24.4 Å². The van der Waals surface area contributed by atoms with E-state index in [0.717, 1.165) is 19.4 Å². The normalized spacial score (nSPS) is 14.2. The molecule has 0 aromatic carbocycles. The molecule has 6 heteroatoms. The molecule has 20 heavy (non-hydrogen) atoms. The van der Waals surface area contributed by atoms with Gasteiger partial charge >= 0.3 is 0 Å². The summed E-state index contributed by atoms with van der Waals surface area (Å²) >= 11 is 0. The van der Waals surface area contributed by atoms with Gasteiger partial charge in [0.2, 0.25) is 17.5 Å². The van der Waals surface area contributed by atoms with Crippen LogP contribution >= 0.6 is 0 Å². The van der Waals surface area contributed by atoms with Gasteiger partial charge in [-0.05, 0) is 25.5 Å². The van der Waals surface area contributed by atoms with Crippen LogP contribution in [0.3, 0.4) is 0 Å². The van der Waals surface area contributed by atoms with Gasteiger partial charge in [0.1, 0.15) is 0 Å². The van der Waals surface area contributed by atoms with Crippen molar-refractivity contribution in [1.29, 1.82) is 0 Å². The zero-order chi connectivity index (χ0) is 14.4. The van der Waals surface area contributed by atoms with Crippen molar-refractivity contribution in [2.75, 3.05) is 6.54 Å². The van der Waals surface area contributed by atoms with Crippen molar-refractivity contribution in [3.63, 3.8) is 0 Å². The van der Waals surface area contributed by atoms with Crippen LogP contribution in [0.2, 0.25) is 0 Å². The Labute approximate surface area is 119 Å². The van der Waals surface area contributed by atoms with Crippen LogP contribution in [-0.4, -0.2) is 32.7 Å². The molecule has 0 radical (unpaired) electrons. The van der Waals surface area contributed by atoms with Crippen molar-refractivity contribution >= 4 is 0 Å². The van der Waals surface area contributed by atoms with E-state index in [1.807, 2.05) is 0 Å². The predicted octanol–water partition coefficient (Wildman–Crippen LogP) is 2.41. The first-order valence-electron chi connectivity index (χ1n) is 7.10. The second-order valence-electron chi connectivity index (χ2n) is 4.79. The van der Waals surface area contributed by atoms with E-state index in [2.05, 4.69) is 46.2 Å². The number of nitrogens with one attached hydrogen (secondary N) is 1. The van der Waals surface area contributed by atoms with E-state index in [1.165, 1.54) is 0 Å². The Morgan fingerprint density at radius 2 is 1.95 bits per heavy atom. The lowest BCUT2D eigenvalue weighted by Gasteiger charge is -2.20. The summed E-state index contributed by atoms with van der Waals surface area (Å²) in [5, 5.41) is 7.47. The van der Waals surface area contributed by atoms with Crippen LogP contribution in [0.25, 0.3) is 11.6 Å². The number of hydrogen-bond donors (Lipinski definition) is 1. The Kier molecular flexibility index (Phi) is 5.17. The first-order chi connectivity index (χ1) is 9.76. The molecule has 2 rings (SSSR count). The van der Waals surface area contributed by atoms with E-state index in [9.17, 15) is 0 Å². The van der Waals surface area contributed by atoms with E-state index in [4.69, 9.17) is 4.52 Å². The molecule has 1 N–H and O–H groups in total. The summed E-state index contributed by atoms with van der Waals surface area (Å²) in [5.41, 5.74) is 0. The fourth-order valence-corrected chi connectivity index (χ4v) is 2.10. The third-order valence-corrected chi connectivity index (χ3v) is 3.30. The Hall–Kier alpha value is -1.82. The lowest BCUT2D eigenvalue weighted by molar-refractivity contribution is 0.319. The van der Waals surface area contributed by atoms with E-state index in [-0.39, 0.29) is 5.92 Å². The number of aromatic nitrogens is 4. The van der Waals surface area contributed by atoms with Crippen LogP contribution in [0, 0.1) is 0 Å². The smallest absolute Gasteiger partial charge is 0.240 e. The summed E-state index contributed by atoms with van der Waals surface area (Å²) in [6, 6.07) is 2.09. The molecule has 0 aliphatic carbocycles. The lowest BCUT2D eigenvalue weighted by Crippen LogP contribution is -2.33. The number of rotatable bonds is 7. The number of nitrogens with zero attached hydrogens (tertiary/aromatic N) is 4. The first-order valence-corrected chi connectivity index (χ1v) is 7.10. The highest BCUT2D eigenvalue weighted by molar-refractivity contribution is 5.40. The summed E-state index contributed by atoms with van der Waals surface area (Å²) in [6.07, 6.45) is 5.45. The Morgan fingerprint density at radius 1 is 1.20 bits per heavy atom. The molecule has 6 nitrogen and oxygen atoms in total. The molecular weight excluding hydrogens is 254 g/mol. The summed E-state index contributed by atoms with van der Waals surface area (Å²) in [7, 11) is 0. The molecule has 2 heterocycles. The molecule has 2 aromatic rings. The molecule has 108 valence electrons. The molecule has 0 bridgehead atoms. The van der Waals surface area contributed by atoms with Crippen LogP contribution in [0.15, 0.2) is 23.0 Å². The molecule has 0 spiro atoms. The molecule has 0 fully saturated rings. The largest absolute Gasteiger partial charge is 0.339 e. The molecule has 2 unspecified atom stereocenters. The Bertz CT molecular complexity index is 513. The van der Waals surface area contributed by atoms with Crippen molar-refractivity contribution in [3.8, 4) is 11.6 Å². The van der Waals surface area contributed by atoms with Crippen LogP contribution in [-0.2, 0) is 0 Å². The highest BCUT2D eigenvalue weighted by Gasteiger charge is 2.23. The summed E-state index contributed by atoms with van der Waals surface area (Å²) in [6.45, 7) is 7.40. The van der Waals surface area contributed by atoms with Crippen molar-refractivity contribution in [1.82, 2.24) is 25.4 Å². The second kappa shape index (κ2) is 7.09. The third-order valence-electron chi connectivity index (χ3n) is 3.30. The first kappa shape index (κ1) is 14.6. The summed E-state index contributed by atoms with van der Waals surface area (Å²) in [4.78, 5) is 12.7. The SMILES string of the molecule is CCCNC(CC)C(C)c1nc(-c2ncccn2)no1. The molecule has 0 saturated heterocycles. The lowest BCUT2D eigenvalue weighted by atomic mass is 9.99. The van der Waals surface area contributed by atoms with Gasteiger partial charge in [0.25, 0.3) is 0 Å². The zero-order valence-electron chi connectivity index (χ0n) is 12.2. The Morgan fingerprint density at radius 3 is 2.60 bits per heavy atom. The maximum absolute atomic E-state index is 5.36. The van der Waals surface area contributed by atoms with Gasteiger partial charge < -0.3 is 9.84 Å². The van der Waals surface area contributed by atoms with Crippen LogP contribution in [0.5, 0.6) is 0 Å². The average molecular weight is 275 g/mol. The van der Waals surface area contributed by atoms with E-state index in [1.54, 1.807) is 18.5 Å². The molecule has 0 aliphatic rings. The maximum atomic E-state index is 5.36. The molecule has 2 aromatic heterocycles. The van der Waals surface area contributed by atoms with Gasteiger partial charge in [-0.15, -0.1) is 0 Å². The molecule has 0 aliphatic heterocycles. The fourth-order valence-electron chi connectivity index (χ4n) is 2.10. The number of hydrogen-bond acceptors (Lipinski definition) is 6. The molecule has 2 atom stereocenters. The highest BCUT2D eigenvalue weighted by Crippen LogP contribution is 2.21. The third kappa shape index (κ3) is 3.39. The van der Waals surface area contributed by atoms with Gasteiger partial charge in [0.05, 0.1) is 5.92 Å². The second-order valence-corrected chi connectivity index (χ2v) is 4.79. The summed E-state index contributed by atoms with van der Waals surface area (Å²) < 4.78 is 5.36. The summed E-state index contributed by atoms with van der Waals surface area (Å²) in [5.74, 6) is 1.72. The predicted molar refractivity (Wildman–Crippen MR) is 76.1 cm³/mol. The monoisotopic (exact) mass is 275 g/mol. The van der Waals surface area contributed by atoms with Crippen LogP contribution in [0.4, 0.5) is 0 Å². The van der Waals surface area contributed by atoms with Crippen molar-refractivity contribution in [2.24, 2.45) is 0 Å². The minimum absolute atomic E-state index is 0.163. The topological polar surface area (TPSA) is 76.7 Å². The van der Waals surface area contributed by atoms with Crippen LogP contribution < -0.4 is 5.32 Å². The molecular formula is C14H21N5O. The van der Waals surface area contributed by atoms with E-state index >= 15 is 0 Å². The minimum atomic E-state index is 0.163. The van der Waals surface area contributed by atoms with Gasteiger partial charge in [-0.3, -0.25) is 0 Å². The van der Waals surface area contributed by atoms with E-state index < -0.39 is 0 Å². The minimum Gasteiger partial charge on any atom is -0.339 e. The van der Waals surface area contributed by atoms with E-state index in [0.29, 0.717) is 23.6 Å². The van der Waals surface area contributed by atoms with Gasteiger partial charge in [-0.25, -0.2) is 9.97 Å². The average Bonchev–Trinajstić information content (AvgIpc) is 2.98. The highest BCUT2D eigenvalue weighted by atomic mass is 16.5. The van der Waals surface area contributed by atoms with Crippen LogP contribution in [0.1, 0.15) is 45.4 Å². The van der Waals surface area contributed by atoms with Gasteiger partial charge in [0, 0.05) is 18.4 Å². The Balaban J connectivity index is 2.11. The van der Waals surface area contributed by atoms with Gasteiger partial charge in [-0.2, -0.15) is 4.98 Å². The maximum Gasteiger partial charge on any atom is 0.240 e.